The second-order valence-electron chi connectivity index (χ2n) is 2.22. The fourth-order valence-corrected chi connectivity index (χ4v) is 0.796. The third-order valence-corrected chi connectivity index (χ3v) is 1.35. The van der Waals surface area contributed by atoms with Gasteiger partial charge in [-0.05, 0) is 23.2 Å². The first kappa shape index (κ1) is 9.30. The predicted molar refractivity (Wildman–Crippen MR) is 41.6 cm³/mol. The van der Waals surface area contributed by atoms with Crippen molar-refractivity contribution in [2.24, 2.45) is 0 Å². The highest BCUT2D eigenvalue weighted by Crippen LogP contribution is 2.20. The normalized spacial score (nSPS) is 9.62. The number of phenols is 1. The molecule has 0 amide bonds. The highest BCUT2D eigenvalue weighted by molar-refractivity contribution is 5.93. The number of carbonyl (C=O) groups is 1. The molecule has 0 atom stereocenters. The molecular weight excluding hydrogens is 178 g/mol. The second-order valence-corrected chi connectivity index (χ2v) is 2.22. The maximum atomic E-state index is 10.9. The Morgan fingerprint density at radius 2 is 2.15 bits per heavy atom. The molecule has 0 aromatic heterocycles. The average molecular weight is 185 g/mol. The third kappa shape index (κ3) is 2.08. The Bertz CT molecular complexity index is 325. The van der Waals surface area contributed by atoms with Gasteiger partial charge in [0.15, 0.2) is 0 Å². The van der Waals surface area contributed by atoms with Crippen molar-refractivity contribution in [3.05, 3.63) is 23.8 Å². The molecule has 0 saturated heterocycles. The van der Waals surface area contributed by atoms with Gasteiger partial charge >= 0.3 is 5.97 Å². The molecule has 0 unspecified atom stereocenters. The summed E-state index contributed by atoms with van der Waals surface area (Å²) < 4.78 is 0. The van der Waals surface area contributed by atoms with Gasteiger partial charge in [-0.15, -0.1) is 0 Å². The molecule has 1 rings (SSSR count). The van der Waals surface area contributed by atoms with Gasteiger partial charge in [-0.2, -0.15) is 0 Å². The molecule has 1 aromatic rings. The lowest BCUT2D eigenvalue weighted by Crippen LogP contribution is -2.05. The van der Waals surface area contributed by atoms with E-state index in [1.807, 2.05) is 0 Å². The molecule has 0 aliphatic rings. The molecule has 0 spiro atoms. The van der Waals surface area contributed by atoms with Crippen molar-refractivity contribution in [2.45, 2.75) is 0 Å². The summed E-state index contributed by atoms with van der Waals surface area (Å²) in [7, 11) is 0. The molecular formula is C7H7NO5. The minimum Gasteiger partial charge on any atom is -0.507 e. The van der Waals surface area contributed by atoms with Gasteiger partial charge in [0.05, 0.1) is 0 Å². The van der Waals surface area contributed by atoms with E-state index >= 15 is 0 Å². The highest BCUT2D eigenvalue weighted by Gasteiger charge is 2.13. The Labute approximate surface area is 73.0 Å². The largest absolute Gasteiger partial charge is 0.507 e. The molecule has 70 valence electrons. The van der Waals surface area contributed by atoms with Crippen LogP contribution in [0.4, 0.5) is 5.69 Å². The number of carbonyl (C=O) groups excluding carboxylic acids is 1. The van der Waals surface area contributed by atoms with Gasteiger partial charge in [0.2, 0.25) is 0 Å². The van der Waals surface area contributed by atoms with Crippen LogP contribution >= 0.6 is 0 Å². The molecule has 0 radical (unpaired) electrons. The van der Waals surface area contributed by atoms with Crippen LogP contribution in [-0.4, -0.2) is 16.3 Å². The van der Waals surface area contributed by atoms with Crippen LogP contribution < -0.4 is 5.73 Å². The molecule has 0 fully saturated rings. The molecule has 4 N–H and O–H groups in total. The number of aromatic hydroxyl groups is 1. The van der Waals surface area contributed by atoms with Crippen molar-refractivity contribution in [1.29, 1.82) is 0 Å². The number of hydrogen-bond acceptors (Lipinski definition) is 6. The fraction of sp³-hybridized carbons (Fsp3) is 0. The Morgan fingerprint density at radius 3 is 2.77 bits per heavy atom. The standard InChI is InChI=1S/C7H7NO5/c8-4-1-2-6(9)5(3-4)7(10)12-13-11/h1-3,9,11H,8H2. The Morgan fingerprint density at radius 1 is 1.46 bits per heavy atom. The Balaban J connectivity index is 2.99. The maximum Gasteiger partial charge on any atom is 0.380 e. The van der Waals surface area contributed by atoms with E-state index < -0.39 is 5.97 Å². The van der Waals surface area contributed by atoms with Crippen molar-refractivity contribution in [1.82, 2.24) is 0 Å². The monoisotopic (exact) mass is 185 g/mol. The smallest absolute Gasteiger partial charge is 0.380 e. The van der Waals surface area contributed by atoms with E-state index in [4.69, 9.17) is 16.1 Å². The molecule has 13 heavy (non-hydrogen) atoms. The van der Waals surface area contributed by atoms with E-state index in [0.717, 1.165) is 0 Å². The van der Waals surface area contributed by atoms with Gasteiger partial charge in [-0.1, -0.05) is 0 Å². The van der Waals surface area contributed by atoms with Crippen LogP contribution in [0.3, 0.4) is 0 Å². The van der Waals surface area contributed by atoms with E-state index in [-0.39, 0.29) is 17.0 Å². The molecule has 0 saturated carbocycles. The van der Waals surface area contributed by atoms with E-state index in [1.54, 1.807) is 0 Å². The first-order chi connectivity index (χ1) is 6.15. The molecule has 0 bridgehead atoms. The lowest BCUT2D eigenvalue weighted by atomic mass is 10.2. The summed E-state index contributed by atoms with van der Waals surface area (Å²) in [4.78, 5) is 14.7. The molecule has 6 nitrogen and oxygen atoms in total. The summed E-state index contributed by atoms with van der Waals surface area (Å²) in [5.41, 5.74) is 5.43. The van der Waals surface area contributed by atoms with Crippen LogP contribution in [0.15, 0.2) is 18.2 Å². The summed E-state index contributed by atoms with van der Waals surface area (Å²) >= 11 is 0. The minimum atomic E-state index is -1.03. The van der Waals surface area contributed by atoms with Crippen molar-refractivity contribution in [3.8, 4) is 5.75 Å². The van der Waals surface area contributed by atoms with Gasteiger partial charge in [0.25, 0.3) is 0 Å². The zero-order chi connectivity index (χ0) is 9.84. The number of benzene rings is 1. The summed E-state index contributed by atoms with van der Waals surface area (Å²) in [6, 6.07) is 3.83. The van der Waals surface area contributed by atoms with Crippen LogP contribution in [0.5, 0.6) is 5.75 Å². The lowest BCUT2D eigenvalue weighted by Gasteiger charge is -2.01. The number of nitrogen functional groups attached to an aromatic ring is 1. The number of phenolic OH excluding ortho intramolecular Hbond substituents is 1. The maximum absolute atomic E-state index is 10.9. The molecule has 0 aliphatic heterocycles. The van der Waals surface area contributed by atoms with Crippen LogP contribution in [0.25, 0.3) is 0 Å². The highest BCUT2D eigenvalue weighted by atomic mass is 17.5. The number of anilines is 1. The van der Waals surface area contributed by atoms with E-state index in [0.29, 0.717) is 0 Å². The van der Waals surface area contributed by atoms with Crippen LogP contribution in [0.2, 0.25) is 0 Å². The van der Waals surface area contributed by atoms with Crippen molar-refractivity contribution in [3.63, 3.8) is 0 Å². The molecule has 0 heterocycles. The van der Waals surface area contributed by atoms with Gasteiger partial charge < -0.3 is 10.8 Å². The van der Waals surface area contributed by atoms with Gasteiger partial charge in [0.1, 0.15) is 11.3 Å². The summed E-state index contributed by atoms with van der Waals surface area (Å²) in [5.74, 6) is -1.34. The third-order valence-electron chi connectivity index (χ3n) is 1.35. The summed E-state index contributed by atoms with van der Waals surface area (Å²) in [6.45, 7) is 0. The summed E-state index contributed by atoms with van der Waals surface area (Å²) in [5, 5.41) is 20.1. The first-order valence-electron chi connectivity index (χ1n) is 3.26. The second kappa shape index (κ2) is 3.74. The van der Waals surface area contributed by atoms with Crippen molar-refractivity contribution >= 4 is 11.7 Å². The van der Waals surface area contributed by atoms with E-state index in [2.05, 4.69) is 9.93 Å². The molecule has 1 aromatic carbocycles. The zero-order valence-corrected chi connectivity index (χ0v) is 6.43. The Hall–Kier alpha value is -1.79. The summed E-state index contributed by atoms with van der Waals surface area (Å²) in [6.07, 6.45) is 0. The van der Waals surface area contributed by atoms with Gasteiger partial charge in [-0.3, -0.25) is 4.89 Å². The Kier molecular flexibility index (Phi) is 2.68. The van der Waals surface area contributed by atoms with E-state index in [1.165, 1.54) is 18.2 Å². The average Bonchev–Trinajstić information content (AvgIpc) is 2.09. The first-order valence-corrected chi connectivity index (χ1v) is 3.26. The van der Waals surface area contributed by atoms with Gasteiger partial charge in [-0.25, -0.2) is 10.1 Å². The lowest BCUT2D eigenvalue weighted by molar-refractivity contribution is -0.455. The van der Waals surface area contributed by atoms with Crippen LogP contribution in [0.1, 0.15) is 10.4 Å². The zero-order valence-electron chi connectivity index (χ0n) is 6.43. The van der Waals surface area contributed by atoms with Crippen molar-refractivity contribution in [2.75, 3.05) is 5.73 Å². The fourth-order valence-electron chi connectivity index (χ4n) is 0.796. The van der Waals surface area contributed by atoms with Crippen LogP contribution in [-0.2, 0) is 9.93 Å². The number of nitrogens with two attached hydrogens (primary N) is 1. The predicted octanol–water partition coefficient (Wildman–Crippen LogP) is 0.536. The van der Waals surface area contributed by atoms with E-state index in [9.17, 15) is 4.79 Å². The number of rotatable bonds is 2. The topological polar surface area (TPSA) is 102 Å². The minimum absolute atomic E-state index is 0.186. The molecule has 0 aliphatic carbocycles. The number of hydrogen-bond donors (Lipinski definition) is 3. The van der Waals surface area contributed by atoms with Gasteiger partial charge in [0, 0.05) is 5.69 Å². The van der Waals surface area contributed by atoms with Crippen molar-refractivity contribution < 1.29 is 25.1 Å². The SMILES string of the molecule is Nc1ccc(O)c(C(=O)OOO)c1. The van der Waals surface area contributed by atoms with Crippen LogP contribution in [0, 0.1) is 0 Å². The molecule has 6 heteroatoms. The quantitative estimate of drug-likeness (QED) is 0.269.